The van der Waals surface area contributed by atoms with Gasteiger partial charge >= 0.3 is 11.9 Å². The third kappa shape index (κ3) is 11.1. The minimum absolute atomic E-state index is 0.0143. The van der Waals surface area contributed by atoms with Crippen molar-refractivity contribution in [2.45, 2.75) is 51.7 Å². The lowest BCUT2D eigenvalue weighted by molar-refractivity contribution is 0.00682. The predicted molar refractivity (Wildman–Crippen MR) is 161 cm³/mol. The zero-order valence-electron chi connectivity index (χ0n) is 25.7. The van der Waals surface area contributed by atoms with E-state index in [4.69, 9.17) is 49.9 Å². The molecule has 44 heavy (non-hydrogen) atoms. The summed E-state index contributed by atoms with van der Waals surface area (Å²) in [5.41, 5.74) is 4.75. The van der Waals surface area contributed by atoms with Crippen molar-refractivity contribution in [3.05, 3.63) is 46.0 Å². The van der Waals surface area contributed by atoms with Crippen LogP contribution < -0.4 is 24.7 Å². The van der Waals surface area contributed by atoms with Crippen LogP contribution >= 0.6 is 11.6 Å². The van der Waals surface area contributed by atoms with Gasteiger partial charge in [0, 0.05) is 6.42 Å². The van der Waals surface area contributed by atoms with E-state index in [1.165, 1.54) is 45.6 Å². The average Bonchev–Trinajstić information content (AvgIpc) is 2.91. The normalized spacial score (nSPS) is 12.2. The zero-order valence-corrected chi connectivity index (χ0v) is 27.3. The van der Waals surface area contributed by atoms with Gasteiger partial charge in [-0.2, -0.15) is 8.42 Å². The Morgan fingerprint density at radius 2 is 1.43 bits per heavy atom. The summed E-state index contributed by atoms with van der Waals surface area (Å²) < 4.78 is 60.5. The van der Waals surface area contributed by atoms with Crippen molar-refractivity contribution >= 4 is 39.6 Å². The number of esters is 2. The highest BCUT2D eigenvalue weighted by Crippen LogP contribution is 2.38. The number of halogens is 1. The van der Waals surface area contributed by atoms with E-state index in [1.807, 2.05) is 0 Å². The summed E-state index contributed by atoms with van der Waals surface area (Å²) >= 11 is 6.25. The SMILES string of the molecule is COc1cc(C(=O)OC(CCCOc2cc(C(=O)OC(C)(C)C)cc(Cl)c2C(N)=O)CCOS(C)(=O)=O)cc(OC)c1OC. The first kappa shape index (κ1) is 36.4. The highest BCUT2D eigenvalue weighted by Gasteiger charge is 2.24. The first-order valence-corrected chi connectivity index (χ1v) is 15.5. The summed E-state index contributed by atoms with van der Waals surface area (Å²) in [7, 11) is 0.491. The number of primary amides is 1. The van der Waals surface area contributed by atoms with Gasteiger partial charge in [-0.05, 0) is 57.9 Å². The van der Waals surface area contributed by atoms with Crippen LogP contribution in [0, 0.1) is 0 Å². The van der Waals surface area contributed by atoms with Crippen LogP contribution in [0.3, 0.4) is 0 Å². The second kappa shape index (κ2) is 15.8. The Labute approximate surface area is 261 Å². The standard InChI is InChI=1S/C29H38ClNO12S/c1-29(2,3)43-28(34)17-13-20(30)24(26(31)32)21(14-17)40-11-8-9-19(10-12-41-44(7,35)36)42-27(33)18-15-22(37-4)25(39-6)23(16-18)38-5/h13-16,19H,8-12H2,1-7H3,(H2,31,32). The van der Waals surface area contributed by atoms with Gasteiger partial charge in [0.15, 0.2) is 11.5 Å². The van der Waals surface area contributed by atoms with Crippen LogP contribution in [0.5, 0.6) is 23.0 Å². The molecule has 0 radical (unpaired) electrons. The molecular formula is C29H38ClNO12S. The van der Waals surface area contributed by atoms with Crippen molar-refractivity contribution in [1.82, 2.24) is 0 Å². The summed E-state index contributed by atoms with van der Waals surface area (Å²) in [6.45, 7) is 4.85. The van der Waals surface area contributed by atoms with Gasteiger partial charge in [-0.1, -0.05) is 11.6 Å². The topological polar surface area (TPSA) is 176 Å². The number of carbonyl (C=O) groups excluding carboxylic acids is 3. The van der Waals surface area contributed by atoms with Crippen LogP contribution in [0.2, 0.25) is 5.02 Å². The fraction of sp³-hybridized carbons (Fsp3) is 0.483. The molecule has 1 atom stereocenters. The smallest absolute Gasteiger partial charge is 0.338 e. The second-order valence-corrected chi connectivity index (χ2v) is 12.5. The fourth-order valence-corrected chi connectivity index (χ4v) is 4.60. The van der Waals surface area contributed by atoms with Crippen molar-refractivity contribution in [2.24, 2.45) is 5.73 Å². The molecule has 2 aromatic rings. The van der Waals surface area contributed by atoms with Gasteiger partial charge in [-0.15, -0.1) is 0 Å². The lowest BCUT2D eigenvalue weighted by Gasteiger charge is -2.21. The molecule has 1 amide bonds. The van der Waals surface area contributed by atoms with Gasteiger partial charge in [0.25, 0.3) is 16.0 Å². The Balaban J connectivity index is 2.22. The lowest BCUT2D eigenvalue weighted by Crippen LogP contribution is -2.24. The molecule has 2 aromatic carbocycles. The molecule has 2 N–H and O–H groups in total. The van der Waals surface area contributed by atoms with E-state index in [-0.39, 0.29) is 77.2 Å². The van der Waals surface area contributed by atoms with Gasteiger partial charge in [0.05, 0.1) is 62.5 Å². The van der Waals surface area contributed by atoms with Crippen LogP contribution in [0.1, 0.15) is 71.1 Å². The maximum absolute atomic E-state index is 13.1. The maximum Gasteiger partial charge on any atom is 0.338 e. The minimum atomic E-state index is -3.73. The molecule has 0 aromatic heterocycles. The van der Waals surface area contributed by atoms with E-state index in [0.717, 1.165) is 6.26 Å². The lowest BCUT2D eigenvalue weighted by atomic mass is 10.1. The molecule has 1 unspecified atom stereocenters. The number of carbonyl (C=O) groups is 3. The van der Waals surface area contributed by atoms with Crippen molar-refractivity contribution in [3.8, 4) is 23.0 Å². The molecule has 0 aliphatic rings. The molecule has 0 fully saturated rings. The second-order valence-electron chi connectivity index (χ2n) is 10.4. The number of benzene rings is 2. The molecular weight excluding hydrogens is 622 g/mol. The van der Waals surface area contributed by atoms with Gasteiger partial charge in [-0.25, -0.2) is 9.59 Å². The first-order chi connectivity index (χ1) is 20.5. The number of methoxy groups -OCH3 is 3. The molecule has 0 aliphatic heterocycles. The zero-order chi connectivity index (χ0) is 33.2. The van der Waals surface area contributed by atoms with Crippen molar-refractivity contribution in [1.29, 1.82) is 0 Å². The Bertz CT molecular complexity index is 1430. The summed E-state index contributed by atoms with van der Waals surface area (Å²) in [5.74, 6) is -1.54. The van der Waals surface area contributed by atoms with Crippen molar-refractivity contribution in [3.63, 3.8) is 0 Å². The molecule has 0 heterocycles. The summed E-state index contributed by atoms with van der Waals surface area (Å²) in [4.78, 5) is 37.8. The van der Waals surface area contributed by atoms with Gasteiger partial charge in [0.1, 0.15) is 17.5 Å². The molecule has 0 bridgehead atoms. The summed E-state index contributed by atoms with van der Waals surface area (Å²) in [5, 5.41) is -0.0917. The molecule has 13 nitrogen and oxygen atoms in total. The Morgan fingerprint density at radius 3 is 1.93 bits per heavy atom. The van der Waals surface area contributed by atoms with Crippen LogP contribution in [-0.2, 0) is 23.8 Å². The molecule has 0 saturated heterocycles. The summed E-state index contributed by atoms with van der Waals surface area (Å²) in [6, 6.07) is 5.41. The van der Waals surface area contributed by atoms with E-state index in [0.29, 0.717) is 0 Å². The quantitative estimate of drug-likeness (QED) is 0.155. The van der Waals surface area contributed by atoms with Crippen LogP contribution in [0.15, 0.2) is 24.3 Å². The molecule has 0 spiro atoms. The van der Waals surface area contributed by atoms with Crippen molar-refractivity contribution in [2.75, 3.05) is 40.8 Å². The highest BCUT2D eigenvalue weighted by molar-refractivity contribution is 7.85. The first-order valence-electron chi connectivity index (χ1n) is 13.3. The van der Waals surface area contributed by atoms with Crippen LogP contribution in [0.25, 0.3) is 0 Å². The molecule has 0 aliphatic carbocycles. The third-order valence-corrected chi connectivity index (χ3v) is 6.67. The van der Waals surface area contributed by atoms with Crippen LogP contribution in [-0.4, -0.2) is 78.8 Å². The van der Waals surface area contributed by atoms with E-state index >= 15 is 0 Å². The Morgan fingerprint density at radius 1 is 0.864 bits per heavy atom. The highest BCUT2D eigenvalue weighted by atomic mass is 35.5. The molecule has 15 heteroatoms. The number of hydrogen-bond donors (Lipinski definition) is 1. The van der Waals surface area contributed by atoms with Crippen LogP contribution in [0.4, 0.5) is 0 Å². The largest absolute Gasteiger partial charge is 0.493 e. The molecule has 0 saturated carbocycles. The van der Waals surface area contributed by atoms with Gasteiger partial charge in [-0.3, -0.25) is 8.98 Å². The molecule has 244 valence electrons. The molecule has 2 rings (SSSR count). The number of nitrogens with two attached hydrogens (primary N) is 1. The minimum Gasteiger partial charge on any atom is -0.493 e. The third-order valence-electron chi connectivity index (χ3n) is 5.77. The van der Waals surface area contributed by atoms with E-state index in [1.54, 1.807) is 20.8 Å². The van der Waals surface area contributed by atoms with E-state index in [2.05, 4.69) is 0 Å². The predicted octanol–water partition coefficient (Wildman–Crippen LogP) is 4.17. The van der Waals surface area contributed by atoms with E-state index < -0.39 is 39.7 Å². The number of rotatable bonds is 16. The summed E-state index contributed by atoms with van der Waals surface area (Å²) in [6.07, 6.45) is 0.604. The maximum atomic E-state index is 13.1. The number of ether oxygens (including phenoxy) is 6. The Hall–Kier alpha value is -3.75. The van der Waals surface area contributed by atoms with E-state index in [9.17, 15) is 22.8 Å². The number of hydrogen-bond acceptors (Lipinski definition) is 12. The Kier molecular flexibility index (Phi) is 13.1. The van der Waals surface area contributed by atoms with Crippen molar-refractivity contribution < 1.29 is 55.4 Å². The average molecular weight is 660 g/mol. The van der Waals surface area contributed by atoms with Gasteiger partial charge < -0.3 is 34.2 Å². The monoisotopic (exact) mass is 659 g/mol. The fourth-order valence-electron chi connectivity index (χ4n) is 3.89. The number of amides is 1. The van der Waals surface area contributed by atoms with Gasteiger partial charge in [0.2, 0.25) is 5.75 Å².